The summed E-state index contributed by atoms with van der Waals surface area (Å²) in [4.78, 5) is 10.8. The Morgan fingerprint density at radius 1 is 1.08 bits per heavy atom. The third-order valence-electron chi connectivity index (χ3n) is 3.65. The molecule has 1 aromatic heterocycles. The fourth-order valence-corrected chi connectivity index (χ4v) is 2.07. The van der Waals surface area contributed by atoms with Crippen molar-refractivity contribution in [2.75, 3.05) is 39.6 Å². The number of ether oxygens (including phenoxy) is 2. The number of hydrogen-bond donors (Lipinski definition) is 5. The second-order valence-corrected chi connectivity index (χ2v) is 5.80. The largest absolute Gasteiger partial charge is 0.394 e. The smallest absolute Gasteiger partial charge is 0.217 e. The van der Waals surface area contributed by atoms with Crippen molar-refractivity contribution in [3.05, 3.63) is 11.9 Å². The van der Waals surface area contributed by atoms with Crippen LogP contribution in [0, 0.1) is 0 Å². The van der Waals surface area contributed by atoms with Crippen molar-refractivity contribution in [2.24, 2.45) is 5.73 Å². The Balaban J connectivity index is 2.69. The van der Waals surface area contributed by atoms with Gasteiger partial charge in [0.15, 0.2) is 0 Å². The van der Waals surface area contributed by atoms with Gasteiger partial charge in [-0.15, -0.1) is 5.10 Å². The molecule has 1 rings (SSSR count). The van der Waals surface area contributed by atoms with Gasteiger partial charge in [0.05, 0.1) is 45.3 Å². The summed E-state index contributed by atoms with van der Waals surface area (Å²) in [6, 6.07) is -0.450. The molecule has 1 aromatic rings. The molecule has 0 saturated heterocycles. The Bertz CT molecular complexity index is 490. The molecule has 150 valence electrons. The molecule has 0 aromatic carbocycles. The Morgan fingerprint density at radius 2 is 1.62 bits per heavy atom. The molecule has 11 nitrogen and oxygen atoms in total. The number of primary amides is 1. The normalized spacial score (nSPS) is 11.8. The molecule has 0 aliphatic rings. The minimum atomic E-state index is -0.734. The van der Waals surface area contributed by atoms with Crippen molar-refractivity contribution in [2.45, 2.75) is 37.5 Å². The molecule has 0 bridgehead atoms. The van der Waals surface area contributed by atoms with E-state index in [1.165, 1.54) is 4.68 Å². The molecule has 0 atom stereocenters. The number of aryl methyl sites for hydroxylation is 1. The van der Waals surface area contributed by atoms with E-state index in [9.17, 15) is 4.79 Å². The number of aromatic nitrogens is 3. The molecule has 1 heterocycles. The second-order valence-electron chi connectivity index (χ2n) is 5.80. The van der Waals surface area contributed by atoms with Crippen molar-refractivity contribution in [3.8, 4) is 0 Å². The van der Waals surface area contributed by atoms with E-state index in [2.05, 4.69) is 10.3 Å². The highest BCUT2D eigenvalue weighted by molar-refractivity contribution is 5.73. The maximum atomic E-state index is 10.8. The number of nitrogens with two attached hydrogens (primary N) is 1. The lowest BCUT2D eigenvalue weighted by Crippen LogP contribution is -2.31. The molecule has 26 heavy (non-hydrogen) atoms. The van der Waals surface area contributed by atoms with Crippen LogP contribution in [0.4, 0.5) is 0 Å². The van der Waals surface area contributed by atoms with E-state index in [1.54, 1.807) is 6.20 Å². The predicted octanol–water partition coefficient (Wildman–Crippen LogP) is -2.63. The van der Waals surface area contributed by atoms with Gasteiger partial charge in [-0.2, -0.15) is 0 Å². The number of aliphatic hydroxyl groups is 4. The van der Waals surface area contributed by atoms with Crippen LogP contribution in [0.5, 0.6) is 0 Å². The number of aliphatic hydroxyl groups excluding tert-OH is 4. The number of rotatable bonds is 15. The Labute approximate surface area is 151 Å². The van der Waals surface area contributed by atoms with Crippen molar-refractivity contribution in [1.82, 2.24) is 15.0 Å². The van der Waals surface area contributed by atoms with Gasteiger partial charge in [-0.3, -0.25) is 4.79 Å². The van der Waals surface area contributed by atoms with E-state index in [0.29, 0.717) is 18.5 Å². The third kappa shape index (κ3) is 8.17. The zero-order valence-corrected chi connectivity index (χ0v) is 14.6. The van der Waals surface area contributed by atoms with Gasteiger partial charge in [-0.1, -0.05) is 5.21 Å². The number of amides is 1. The summed E-state index contributed by atoms with van der Waals surface area (Å²) < 4.78 is 12.4. The predicted molar refractivity (Wildman–Crippen MR) is 89.0 cm³/mol. The Kier molecular flexibility index (Phi) is 10.9. The highest BCUT2D eigenvalue weighted by Gasteiger charge is 2.19. The summed E-state index contributed by atoms with van der Waals surface area (Å²) in [5.41, 5.74) is 5.77. The highest BCUT2D eigenvalue weighted by Crippen LogP contribution is 2.11. The van der Waals surface area contributed by atoms with Crippen LogP contribution in [0.25, 0.3) is 0 Å². The minimum Gasteiger partial charge on any atom is -0.394 e. The fraction of sp³-hybridized carbons (Fsp3) is 0.800. The van der Waals surface area contributed by atoms with E-state index in [0.717, 1.165) is 0 Å². The zero-order valence-electron chi connectivity index (χ0n) is 14.6. The number of carbonyl (C=O) groups is 1. The first kappa shape index (κ1) is 22.4. The van der Waals surface area contributed by atoms with Crippen LogP contribution in [-0.2, 0) is 20.7 Å². The average molecular weight is 376 g/mol. The molecule has 6 N–H and O–H groups in total. The van der Waals surface area contributed by atoms with Crippen LogP contribution in [-0.4, -0.2) is 93.2 Å². The molecular formula is C15H28N4O7. The van der Waals surface area contributed by atoms with Crippen LogP contribution in [0.15, 0.2) is 6.20 Å². The number of hydrogen-bond acceptors (Lipinski definition) is 9. The van der Waals surface area contributed by atoms with Gasteiger partial charge in [-0.25, -0.2) is 4.68 Å². The van der Waals surface area contributed by atoms with Crippen molar-refractivity contribution in [1.29, 1.82) is 0 Å². The van der Waals surface area contributed by atoms with Gasteiger partial charge >= 0.3 is 0 Å². The monoisotopic (exact) mass is 376 g/mol. The Hall–Kier alpha value is -1.63. The molecule has 0 spiro atoms. The number of carbonyl (C=O) groups excluding carboxylic acids is 1. The van der Waals surface area contributed by atoms with Gasteiger partial charge < -0.3 is 35.6 Å². The van der Waals surface area contributed by atoms with Crippen LogP contribution >= 0.6 is 0 Å². The lowest BCUT2D eigenvalue weighted by atomic mass is 10.2. The standard InChI is InChI=1S/C15H28N4O7/c16-15(24)3-1-2-11-4-19(18-17-11)12(9-25-13(5-20)6-21)10-26-14(7-22)8-23/h4,12-14,20-23H,1-3,5-10H2,(H2,16,24). The van der Waals surface area contributed by atoms with Gasteiger partial charge in [0.2, 0.25) is 5.91 Å². The molecule has 0 saturated carbocycles. The third-order valence-corrected chi connectivity index (χ3v) is 3.65. The summed E-state index contributed by atoms with van der Waals surface area (Å²) in [5.74, 6) is -0.379. The topological polar surface area (TPSA) is 173 Å². The first-order chi connectivity index (χ1) is 12.5. The lowest BCUT2D eigenvalue weighted by Gasteiger charge is -2.22. The first-order valence-electron chi connectivity index (χ1n) is 8.39. The van der Waals surface area contributed by atoms with Gasteiger partial charge in [0, 0.05) is 12.6 Å². The van der Waals surface area contributed by atoms with Gasteiger partial charge in [-0.05, 0) is 12.8 Å². The summed E-state index contributed by atoms with van der Waals surface area (Å²) in [7, 11) is 0. The lowest BCUT2D eigenvalue weighted by molar-refractivity contribution is -0.118. The van der Waals surface area contributed by atoms with Crippen molar-refractivity contribution < 1.29 is 34.7 Å². The average Bonchev–Trinajstić information content (AvgIpc) is 3.09. The number of nitrogens with zero attached hydrogens (tertiary/aromatic N) is 3. The van der Waals surface area contributed by atoms with Crippen molar-refractivity contribution >= 4 is 5.91 Å². The molecule has 0 aliphatic carbocycles. The zero-order chi connectivity index (χ0) is 19.4. The van der Waals surface area contributed by atoms with E-state index >= 15 is 0 Å². The Morgan fingerprint density at radius 3 is 2.08 bits per heavy atom. The molecule has 1 amide bonds. The van der Waals surface area contributed by atoms with Crippen LogP contribution in [0.1, 0.15) is 24.6 Å². The quantitative estimate of drug-likeness (QED) is 0.219. The van der Waals surface area contributed by atoms with Gasteiger partial charge in [0.1, 0.15) is 18.2 Å². The maximum absolute atomic E-state index is 10.8. The van der Waals surface area contributed by atoms with E-state index in [1.807, 2.05) is 0 Å². The first-order valence-corrected chi connectivity index (χ1v) is 8.39. The highest BCUT2D eigenvalue weighted by atomic mass is 16.5. The molecule has 0 radical (unpaired) electrons. The van der Waals surface area contributed by atoms with Gasteiger partial charge in [0.25, 0.3) is 0 Å². The molecule has 0 unspecified atom stereocenters. The van der Waals surface area contributed by atoms with Crippen LogP contribution in [0.2, 0.25) is 0 Å². The van der Waals surface area contributed by atoms with Crippen LogP contribution < -0.4 is 5.73 Å². The summed E-state index contributed by atoms with van der Waals surface area (Å²) in [5, 5.41) is 44.4. The SMILES string of the molecule is NC(=O)CCCc1cn(C(COC(CO)CO)COC(CO)CO)nn1. The van der Waals surface area contributed by atoms with Crippen LogP contribution in [0.3, 0.4) is 0 Å². The molecular weight excluding hydrogens is 348 g/mol. The molecule has 0 fully saturated rings. The summed E-state index contributed by atoms with van der Waals surface area (Å²) in [6.45, 7) is -1.21. The summed E-state index contributed by atoms with van der Waals surface area (Å²) >= 11 is 0. The minimum absolute atomic E-state index is 0.0689. The molecule has 11 heteroatoms. The summed E-state index contributed by atoms with van der Waals surface area (Å²) in [6.07, 6.45) is 1.55. The maximum Gasteiger partial charge on any atom is 0.217 e. The molecule has 0 aliphatic heterocycles. The fourth-order valence-electron chi connectivity index (χ4n) is 2.07. The van der Waals surface area contributed by atoms with Crippen molar-refractivity contribution in [3.63, 3.8) is 0 Å². The van der Waals surface area contributed by atoms with E-state index in [4.69, 9.17) is 35.6 Å². The van der Waals surface area contributed by atoms with E-state index < -0.39 is 18.2 Å². The van der Waals surface area contributed by atoms with E-state index in [-0.39, 0.29) is 52.0 Å². The second kappa shape index (κ2) is 12.7.